The van der Waals surface area contributed by atoms with E-state index >= 15 is 0 Å². The molecule has 3 nitrogen and oxygen atoms in total. The van der Waals surface area contributed by atoms with Crippen LogP contribution in [-0.4, -0.2) is 16.9 Å². The van der Waals surface area contributed by atoms with E-state index in [0.717, 1.165) is 4.47 Å². The van der Waals surface area contributed by atoms with Crippen molar-refractivity contribution in [2.75, 3.05) is 0 Å². The Kier molecular flexibility index (Phi) is 5.36. The van der Waals surface area contributed by atoms with Crippen LogP contribution >= 0.6 is 39.7 Å². The van der Waals surface area contributed by atoms with E-state index < -0.39 is 0 Å². The van der Waals surface area contributed by atoms with Crippen LogP contribution in [0.4, 0.5) is 0 Å². The third-order valence-corrected chi connectivity index (χ3v) is 3.32. The van der Waals surface area contributed by atoms with Gasteiger partial charge in [0, 0.05) is 4.47 Å². The van der Waals surface area contributed by atoms with E-state index in [1.165, 1.54) is 0 Å². The predicted molar refractivity (Wildman–Crippen MR) is 77.5 cm³/mol. The van der Waals surface area contributed by atoms with Gasteiger partial charge in [0.2, 0.25) is 0 Å². The van der Waals surface area contributed by atoms with E-state index in [4.69, 9.17) is 29.6 Å². The predicted octanol–water partition coefficient (Wildman–Crippen LogP) is 2.90. The normalized spacial score (nSPS) is 11.9. The van der Waals surface area contributed by atoms with Crippen molar-refractivity contribution < 1.29 is 4.79 Å². The van der Waals surface area contributed by atoms with E-state index in [9.17, 15) is 4.79 Å². The van der Waals surface area contributed by atoms with Crippen LogP contribution in [0.15, 0.2) is 22.7 Å². The zero-order valence-electron chi connectivity index (χ0n) is 9.17. The lowest BCUT2D eigenvalue weighted by Crippen LogP contribution is -2.43. The number of nitrogens with one attached hydrogen (secondary N) is 1. The van der Waals surface area contributed by atoms with E-state index in [0.29, 0.717) is 17.0 Å². The topological polar surface area (TPSA) is 55.1 Å². The van der Waals surface area contributed by atoms with Crippen molar-refractivity contribution in [2.45, 2.75) is 19.4 Å². The summed E-state index contributed by atoms with van der Waals surface area (Å²) in [5.41, 5.74) is 5.92. The van der Waals surface area contributed by atoms with E-state index in [2.05, 4.69) is 21.2 Å². The molecule has 0 aliphatic rings. The van der Waals surface area contributed by atoms with Crippen LogP contribution in [0.1, 0.15) is 23.7 Å². The lowest BCUT2D eigenvalue weighted by molar-refractivity contribution is 0.0946. The maximum atomic E-state index is 11.9. The first kappa shape index (κ1) is 14.4. The summed E-state index contributed by atoms with van der Waals surface area (Å²) in [6, 6.07) is 4.76. The largest absolute Gasteiger partial charge is 0.392 e. The van der Waals surface area contributed by atoms with Crippen molar-refractivity contribution in [3.63, 3.8) is 0 Å². The number of nitrogens with two attached hydrogens (primary N) is 1. The maximum Gasteiger partial charge on any atom is 0.253 e. The molecule has 0 aromatic heterocycles. The Bertz CT molecular complexity index is 453. The summed E-state index contributed by atoms with van der Waals surface area (Å²) in [6.07, 6.45) is 0.648. The summed E-state index contributed by atoms with van der Waals surface area (Å²) in [6.45, 7) is 1.90. The molecule has 1 unspecified atom stereocenters. The van der Waals surface area contributed by atoms with Gasteiger partial charge in [-0.05, 0) is 24.6 Å². The van der Waals surface area contributed by atoms with Gasteiger partial charge < -0.3 is 11.1 Å². The number of benzene rings is 1. The second-order valence-electron chi connectivity index (χ2n) is 3.46. The van der Waals surface area contributed by atoms with Gasteiger partial charge in [-0.2, -0.15) is 0 Å². The quantitative estimate of drug-likeness (QED) is 0.832. The number of amides is 1. The molecule has 1 atom stereocenters. The Hall–Kier alpha value is -0.650. The molecule has 1 rings (SSSR count). The van der Waals surface area contributed by atoms with Crippen molar-refractivity contribution in [1.29, 1.82) is 0 Å². The molecule has 0 spiro atoms. The first-order valence-electron chi connectivity index (χ1n) is 5.01. The molecule has 0 heterocycles. The van der Waals surface area contributed by atoms with Crippen LogP contribution in [0.2, 0.25) is 5.02 Å². The number of carbonyl (C=O) groups is 1. The van der Waals surface area contributed by atoms with Crippen molar-refractivity contribution in [2.24, 2.45) is 5.73 Å². The molecule has 17 heavy (non-hydrogen) atoms. The minimum absolute atomic E-state index is 0.272. The van der Waals surface area contributed by atoms with E-state index in [-0.39, 0.29) is 16.9 Å². The van der Waals surface area contributed by atoms with E-state index in [1.807, 2.05) is 6.92 Å². The standard InChI is InChI=1S/C11H12BrClN2OS/c1-2-9(10(14)17)15-11(16)7-4-3-6(12)5-8(7)13/h3-5,9H,2H2,1H3,(H2,14,17)(H,15,16). The number of hydrogen-bond donors (Lipinski definition) is 2. The summed E-state index contributed by atoms with van der Waals surface area (Å²) in [5.74, 6) is -0.276. The minimum atomic E-state index is -0.308. The molecule has 0 aliphatic carbocycles. The first-order chi connectivity index (χ1) is 7.95. The maximum absolute atomic E-state index is 11.9. The highest BCUT2D eigenvalue weighted by molar-refractivity contribution is 9.10. The van der Waals surface area contributed by atoms with E-state index in [1.54, 1.807) is 18.2 Å². The molecule has 92 valence electrons. The second kappa shape index (κ2) is 6.33. The average Bonchev–Trinajstić information content (AvgIpc) is 2.24. The fraction of sp³-hybridized carbons (Fsp3) is 0.273. The molecule has 0 bridgehead atoms. The van der Waals surface area contributed by atoms with Crippen LogP contribution in [0.5, 0.6) is 0 Å². The highest BCUT2D eigenvalue weighted by atomic mass is 79.9. The van der Waals surface area contributed by atoms with Crippen LogP contribution in [-0.2, 0) is 0 Å². The third kappa shape index (κ3) is 3.94. The van der Waals surface area contributed by atoms with Crippen LogP contribution in [0.25, 0.3) is 0 Å². The molecule has 3 N–H and O–H groups in total. The Morgan fingerprint density at radius 3 is 2.76 bits per heavy atom. The van der Waals surface area contributed by atoms with Crippen molar-refractivity contribution in [3.05, 3.63) is 33.3 Å². The molecule has 0 saturated heterocycles. The Morgan fingerprint density at radius 2 is 2.29 bits per heavy atom. The lowest BCUT2D eigenvalue weighted by atomic mass is 10.1. The van der Waals surface area contributed by atoms with Crippen LogP contribution in [0, 0.1) is 0 Å². The second-order valence-corrected chi connectivity index (χ2v) is 5.26. The number of hydrogen-bond acceptors (Lipinski definition) is 2. The van der Waals surface area contributed by atoms with Gasteiger partial charge in [0.1, 0.15) is 0 Å². The molecule has 0 saturated carbocycles. The molecule has 1 aromatic rings. The van der Waals surface area contributed by atoms with Crippen molar-refractivity contribution in [1.82, 2.24) is 5.32 Å². The first-order valence-corrected chi connectivity index (χ1v) is 6.58. The zero-order valence-corrected chi connectivity index (χ0v) is 12.3. The number of halogens is 2. The Labute approximate surface area is 119 Å². The molecule has 0 fully saturated rings. The van der Waals surface area contributed by atoms with Gasteiger partial charge in [0.05, 0.1) is 21.6 Å². The summed E-state index contributed by atoms with van der Waals surface area (Å²) in [5, 5.41) is 3.12. The molecular weight excluding hydrogens is 324 g/mol. The highest BCUT2D eigenvalue weighted by Crippen LogP contribution is 2.21. The zero-order chi connectivity index (χ0) is 13.0. The molecule has 0 radical (unpaired) electrons. The van der Waals surface area contributed by atoms with Crippen molar-refractivity contribution >= 4 is 50.6 Å². The van der Waals surface area contributed by atoms with Crippen LogP contribution in [0.3, 0.4) is 0 Å². The van der Waals surface area contributed by atoms with Gasteiger partial charge in [0.15, 0.2) is 0 Å². The monoisotopic (exact) mass is 334 g/mol. The van der Waals surface area contributed by atoms with Gasteiger partial charge in [-0.15, -0.1) is 0 Å². The van der Waals surface area contributed by atoms with Gasteiger partial charge in [0.25, 0.3) is 5.91 Å². The highest BCUT2D eigenvalue weighted by Gasteiger charge is 2.16. The SMILES string of the molecule is CCC(NC(=O)c1ccc(Br)cc1Cl)C(N)=S. The van der Waals surface area contributed by atoms with Crippen molar-refractivity contribution in [3.8, 4) is 0 Å². The molecule has 0 aliphatic heterocycles. The van der Waals surface area contributed by atoms with Gasteiger partial charge >= 0.3 is 0 Å². The summed E-state index contributed by atoms with van der Waals surface area (Å²) < 4.78 is 0.820. The Morgan fingerprint density at radius 1 is 1.65 bits per heavy atom. The lowest BCUT2D eigenvalue weighted by Gasteiger charge is -2.15. The molecule has 1 aromatic carbocycles. The summed E-state index contributed by atoms with van der Waals surface area (Å²) in [4.78, 5) is 12.2. The number of thiocarbonyl (C=S) groups is 1. The van der Waals surface area contributed by atoms with Crippen LogP contribution < -0.4 is 11.1 Å². The third-order valence-electron chi connectivity index (χ3n) is 2.23. The number of carbonyl (C=O) groups excluding carboxylic acids is 1. The average molecular weight is 336 g/mol. The molecule has 1 amide bonds. The molecular formula is C11H12BrClN2OS. The van der Waals surface area contributed by atoms with Gasteiger partial charge in [-0.25, -0.2) is 0 Å². The fourth-order valence-corrected chi connectivity index (χ4v) is 2.27. The minimum Gasteiger partial charge on any atom is -0.392 e. The van der Waals surface area contributed by atoms with Gasteiger partial charge in [-0.3, -0.25) is 4.79 Å². The fourth-order valence-electron chi connectivity index (χ4n) is 1.28. The summed E-state index contributed by atoms with van der Waals surface area (Å²) >= 11 is 14.1. The number of rotatable bonds is 4. The summed E-state index contributed by atoms with van der Waals surface area (Å²) in [7, 11) is 0. The Balaban J connectivity index is 2.86. The molecule has 6 heteroatoms. The van der Waals surface area contributed by atoms with Gasteiger partial charge in [-0.1, -0.05) is 46.7 Å². The smallest absolute Gasteiger partial charge is 0.253 e.